The van der Waals surface area contributed by atoms with Crippen molar-refractivity contribution in [3.63, 3.8) is 0 Å². The molecule has 3 aliphatic carbocycles. The van der Waals surface area contributed by atoms with Gasteiger partial charge in [0.05, 0.1) is 12.4 Å². The fraction of sp³-hybridized carbons (Fsp3) is 0.818. The van der Waals surface area contributed by atoms with E-state index in [1.54, 1.807) is 0 Å². The van der Waals surface area contributed by atoms with E-state index >= 15 is 0 Å². The van der Waals surface area contributed by atoms with Gasteiger partial charge in [0.2, 0.25) is 0 Å². The average molecular weight is 331 g/mol. The van der Waals surface area contributed by atoms with Gasteiger partial charge in [0.25, 0.3) is 0 Å². The Hall–Kier alpha value is -0.920. The maximum Gasteiger partial charge on any atom is 0.122 e. The van der Waals surface area contributed by atoms with Gasteiger partial charge in [-0.2, -0.15) is 0 Å². The van der Waals surface area contributed by atoms with Crippen molar-refractivity contribution in [3.8, 4) is 0 Å². The number of fused-ring (bicyclic) bond motifs is 4. The van der Waals surface area contributed by atoms with E-state index in [-0.39, 0.29) is 5.41 Å². The summed E-state index contributed by atoms with van der Waals surface area (Å²) in [6, 6.07) is 0. The molecule has 0 aromatic heterocycles. The van der Waals surface area contributed by atoms with Gasteiger partial charge in [-0.05, 0) is 59.3 Å². The molecule has 0 saturated heterocycles. The molecular weight excluding hydrogens is 296 g/mol. The fourth-order valence-electron chi connectivity index (χ4n) is 7.43. The molecule has 2 unspecified atom stereocenters. The normalized spacial score (nSPS) is 47.0. The van der Waals surface area contributed by atoms with Gasteiger partial charge in [-0.15, -0.1) is 0 Å². The number of allylic oxidation sites excluding steroid dienone is 3. The number of ether oxygens (including phenoxy) is 1. The fourth-order valence-corrected chi connectivity index (χ4v) is 7.43. The topological polar surface area (TPSA) is 29.5 Å². The van der Waals surface area contributed by atoms with Gasteiger partial charge in [0, 0.05) is 18.4 Å². The maximum absolute atomic E-state index is 10.1. The van der Waals surface area contributed by atoms with Gasteiger partial charge in [-0.3, -0.25) is 0 Å². The Morgan fingerprint density at radius 3 is 2.58 bits per heavy atom. The molecule has 5 atom stereocenters. The largest absolute Gasteiger partial charge is 0.512 e. The lowest BCUT2D eigenvalue weighted by Crippen LogP contribution is -2.58. The molecule has 1 N–H and O–H groups in total. The van der Waals surface area contributed by atoms with Gasteiger partial charge in [0.1, 0.15) is 5.76 Å². The summed E-state index contributed by atoms with van der Waals surface area (Å²) >= 11 is 0. The van der Waals surface area contributed by atoms with Gasteiger partial charge < -0.3 is 9.84 Å². The van der Waals surface area contributed by atoms with E-state index in [0.29, 0.717) is 28.4 Å². The first-order chi connectivity index (χ1) is 11.2. The second kappa shape index (κ2) is 5.05. The molecule has 4 aliphatic rings. The smallest absolute Gasteiger partial charge is 0.122 e. The van der Waals surface area contributed by atoms with Gasteiger partial charge >= 0.3 is 0 Å². The molecule has 1 aliphatic heterocycles. The predicted octanol–water partition coefficient (Wildman–Crippen LogP) is 6.00. The molecule has 0 amide bonds. The first-order valence-electron chi connectivity index (χ1n) is 9.95. The highest BCUT2D eigenvalue weighted by molar-refractivity contribution is 5.37. The van der Waals surface area contributed by atoms with Crippen molar-refractivity contribution < 1.29 is 9.84 Å². The van der Waals surface area contributed by atoms with Crippen LogP contribution in [0.2, 0.25) is 0 Å². The summed E-state index contributed by atoms with van der Waals surface area (Å²) < 4.78 is 6.28. The summed E-state index contributed by atoms with van der Waals surface area (Å²) in [5, 5.41) is 10.1. The number of aliphatic hydroxyl groups excluding tert-OH is 1. The highest BCUT2D eigenvalue weighted by atomic mass is 16.5. The minimum absolute atomic E-state index is 0.239. The van der Waals surface area contributed by atoms with E-state index in [9.17, 15) is 5.11 Å². The van der Waals surface area contributed by atoms with Crippen LogP contribution in [0.5, 0.6) is 0 Å². The average Bonchev–Trinajstić information content (AvgIpc) is 2.44. The van der Waals surface area contributed by atoms with Crippen LogP contribution in [0.1, 0.15) is 73.1 Å². The Kier molecular flexibility index (Phi) is 3.48. The van der Waals surface area contributed by atoms with Crippen LogP contribution < -0.4 is 0 Å². The molecule has 2 heteroatoms. The summed E-state index contributed by atoms with van der Waals surface area (Å²) in [6.45, 7) is 13.2. The number of aliphatic hydroxyl groups is 1. The van der Waals surface area contributed by atoms with Crippen molar-refractivity contribution in [3.05, 3.63) is 23.2 Å². The quantitative estimate of drug-likeness (QED) is 0.590. The Morgan fingerprint density at radius 2 is 1.83 bits per heavy atom. The zero-order valence-corrected chi connectivity index (χ0v) is 16.1. The third-order valence-electron chi connectivity index (χ3n) is 8.39. The van der Waals surface area contributed by atoms with Crippen LogP contribution in [0.3, 0.4) is 0 Å². The van der Waals surface area contributed by atoms with Gasteiger partial charge in [0.15, 0.2) is 0 Å². The van der Waals surface area contributed by atoms with Crippen LogP contribution in [0.25, 0.3) is 0 Å². The van der Waals surface area contributed by atoms with E-state index < -0.39 is 0 Å². The molecule has 1 heterocycles. The Balaban J connectivity index is 1.79. The highest BCUT2D eigenvalue weighted by Gasteiger charge is 2.61. The minimum atomic E-state index is 0.239. The SMILES string of the molecule is CC1CC(O)=CC2=C1[C@]1(C)CC[C@H]3C(C)(C)CCCC3(C)[C@H]1CO2. The van der Waals surface area contributed by atoms with Crippen LogP contribution in [-0.2, 0) is 4.74 Å². The molecule has 2 saturated carbocycles. The lowest BCUT2D eigenvalue weighted by atomic mass is 9.41. The van der Waals surface area contributed by atoms with Gasteiger partial charge in [-0.1, -0.05) is 41.0 Å². The van der Waals surface area contributed by atoms with E-state index in [0.717, 1.165) is 24.7 Å². The third kappa shape index (κ3) is 2.07. The van der Waals surface area contributed by atoms with Crippen LogP contribution in [0.15, 0.2) is 23.2 Å². The first-order valence-corrected chi connectivity index (χ1v) is 9.95. The van der Waals surface area contributed by atoms with Crippen molar-refractivity contribution >= 4 is 0 Å². The lowest BCUT2D eigenvalue weighted by molar-refractivity contribution is -0.147. The van der Waals surface area contributed by atoms with Crippen molar-refractivity contribution in [1.82, 2.24) is 0 Å². The van der Waals surface area contributed by atoms with Crippen LogP contribution >= 0.6 is 0 Å². The van der Waals surface area contributed by atoms with Crippen LogP contribution in [0, 0.1) is 34.0 Å². The van der Waals surface area contributed by atoms with Crippen LogP contribution in [0.4, 0.5) is 0 Å². The summed E-state index contributed by atoms with van der Waals surface area (Å²) in [6.07, 6.45) is 9.38. The molecule has 4 rings (SSSR count). The van der Waals surface area contributed by atoms with E-state index in [2.05, 4.69) is 34.6 Å². The van der Waals surface area contributed by atoms with Crippen LogP contribution in [-0.4, -0.2) is 11.7 Å². The standard InChI is InChI=1S/C22H34O2/c1-14-11-15(23)12-16-19(14)22(5)10-7-17-20(2,3)8-6-9-21(17,4)18(22)13-24-16/h12,14,17-18,23H,6-11,13H2,1-5H3/t14?,17-,18+,21?,22+/m0/s1. The molecular formula is C22H34O2. The lowest BCUT2D eigenvalue weighted by Gasteiger charge is -2.64. The summed E-state index contributed by atoms with van der Waals surface area (Å²) in [5.74, 6) is 3.29. The maximum atomic E-state index is 10.1. The monoisotopic (exact) mass is 330 g/mol. The van der Waals surface area contributed by atoms with Crippen molar-refractivity contribution in [2.24, 2.45) is 34.0 Å². The zero-order valence-electron chi connectivity index (χ0n) is 16.1. The highest BCUT2D eigenvalue weighted by Crippen LogP contribution is 2.68. The van der Waals surface area contributed by atoms with E-state index in [1.807, 2.05) is 6.08 Å². The number of rotatable bonds is 0. The molecule has 2 fully saturated rings. The minimum Gasteiger partial charge on any atom is -0.512 e. The van der Waals surface area contributed by atoms with Crippen molar-refractivity contribution in [2.45, 2.75) is 73.1 Å². The molecule has 0 bridgehead atoms. The van der Waals surface area contributed by atoms with Gasteiger partial charge in [-0.25, -0.2) is 0 Å². The summed E-state index contributed by atoms with van der Waals surface area (Å²) in [7, 11) is 0. The number of hydrogen-bond acceptors (Lipinski definition) is 2. The van der Waals surface area contributed by atoms with E-state index in [4.69, 9.17) is 4.74 Å². The summed E-state index contributed by atoms with van der Waals surface area (Å²) in [4.78, 5) is 0. The summed E-state index contributed by atoms with van der Waals surface area (Å²) in [5.41, 5.74) is 2.58. The molecule has 134 valence electrons. The second-order valence-electron chi connectivity index (χ2n) is 10.2. The van der Waals surface area contributed by atoms with Crippen molar-refractivity contribution in [2.75, 3.05) is 6.61 Å². The van der Waals surface area contributed by atoms with Crippen molar-refractivity contribution in [1.29, 1.82) is 0 Å². The van der Waals surface area contributed by atoms with E-state index in [1.165, 1.54) is 37.7 Å². The molecule has 0 spiro atoms. The molecule has 24 heavy (non-hydrogen) atoms. The second-order valence-corrected chi connectivity index (χ2v) is 10.2. The molecule has 2 nitrogen and oxygen atoms in total. The first kappa shape index (κ1) is 16.5. The number of hydrogen-bond donors (Lipinski definition) is 1. The Bertz CT molecular complexity index is 613. The molecule has 0 aromatic carbocycles. The Morgan fingerprint density at radius 1 is 1.08 bits per heavy atom. The Labute approximate surface area is 147 Å². The molecule has 0 aromatic rings. The third-order valence-corrected chi connectivity index (χ3v) is 8.39. The zero-order chi connectivity index (χ0) is 17.3. The molecule has 0 radical (unpaired) electrons. The predicted molar refractivity (Wildman–Crippen MR) is 97.5 cm³/mol.